The van der Waals surface area contributed by atoms with Gasteiger partial charge in [0.25, 0.3) is 0 Å². The van der Waals surface area contributed by atoms with Gasteiger partial charge in [0.15, 0.2) is 0 Å². The van der Waals surface area contributed by atoms with Gasteiger partial charge in [-0.15, -0.1) is 0 Å². The van der Waals surface area contributed by atoms with Gasteiger partial charge in [0, 0.05) is 46.3 Å². The van der Waals surface area contributed by atoms with Crippen LogP contribution in [-0.4, -0.2) is 33.3 Å². The second kappa shape index (κ2) is 9.29. The van der Waals surface area contributed by atoms with Crippen molar-refractivity contribution in [3.05, 3.63) is 58.3 Å². The average Bonchev–Trinajstić information content (AvgIpc) is 3.12. The number of fused-ring (bicyclic) bond motifs is 1. The van der Waals surface area contributed by atoms with E-state index in [1.54, 1.807) is 26.6 Å². The largest absolute Gasteiger partial charge is 0.496 e. The summed E-state index contributed by atoms with van der Waals surface area (Å²) in [5.74, 6) is 0.532. The van der Waals surface area contributed by atoms with Crippen molar-refractivity contribution in [1.82, 2.24) is 5.32 Å². The number of carbonyl (C=O) groups excluding carboxylic acids is 1. The van der Waals surface area contributed by atoms with E-state index >= 15 is 0 Å². The molecule has 3 rings (SSSR count). The Morgan fingerprint density at radius 1 is 1.28 bits per heavy atom. The molecule has 0 atom stereocenters. The number of carbonyl (C=O) groups is 1. The molecule has 0 aliphatic heterocycles. The first-order chi connectivity index (χ1) is 14.0. The third-order valence-electron chi connectivity index (χ3n) is 4.76. The van der Waals surface area contributed by atoms with Crippen LogP contribution >= 0.6 is 15.9 Å². The maximum Gasteiger partial charge on any atom is 0.244 e. The van der Waals surface area contributed by atoms with Crippen molar-refractivity contribution in [3.8, 4) is 16.9 Å². The Kier molecular flexibility index (Phi) is 6.77. The zero-order valence-electron chi connectivity index (χ0n) is 17.0. The molecule has 3 aromatic rings. The monoisotopic (exact) mass is 457 g/mol. The van der Waals surface area contributed by atoms with E-state index in [1.807, 2.05) is 38.1 Å². The zero-order valence-corrected chi connectivity index (χ0v) is 18.6. The first-order valence-corrected chi connectivity index (χ1v) is 10.1. The van der Waals surface area contributed by atoms with E-state index in [-0.39, 0.29) is 5.91 Å². The number of halogens is 1. The lowest BCUT2D eigenvalue weighted by atomic mass is 9.96. The SMILES string of the molecule is COCCNC(=O)/C=C(\C)c1cc2c(-c3cccc(Br)c3)coc2c(C)c1OC. The van der Waals surface area contributed by atoms with E-state index in [9.17, 15) is 4.79 Å². The topological polar surface area (TPSA) is 60.7 Å². The first kappa shape index (κ1) is 21.1. The molecule has 0 bridgehead atoms. The Bertz CT molecular complexity index is 1070. The lowest BCUT2D eigenvalue weighted by molar-refractivity contribution is -0.116. The van der Waals surface area contributed by atoms with Crippen LogP contribution in [0.1, 0.15) is 18.1 Å². The van der Waals surface area contributed by atoms with Gasteiger partial charge in [-0.25, -0.2) is 0 Å². The van der Waals surface area contributed by atoms with Crippen molar-refractivity contribution >= 4 is 38.4 Å². The predicted octanol–water partition coefficient (Wildman–Crippen LogP) is 5.35. The molecule has 5 nitrogen and oxygen atoms in total. The third kappa shape index (κ3) is 4.54. The highest BCUT2D eigenvalue weighted by atomic mass is 79.9. The van der Waals surface area contributed by atoms with Crippen LogP contribution in [0.25, 0.3) is 27.7 Å². The Hall–Kier alpha value is -2.57. The van der Waals surface area contributed by atoms with Gasteiger partial charge in [-0.1, -0.05) is 28.1 Å². The number of aryl methyl sites for hydroxylation is 1. The van der Waals surface area contributed by atoms with Crippen LogP contribution in [-0.2, 0) is 9.53 Å². The summed E-state index contributed by atoms with van der Waals surface area (Å²) in [4.78, 5) is 12.2. The summed E-state index contributed by atoms with van der Waals surface area (Å²) in [7, 11) is 3.23. The van der Waals surface area contributed by atoms with Gasteiger partial charge in [0.1, 0.15) is 11.3 Å². The van der Waals surface area contributed by atoms with Crippen LogP contribution in [0.3, 0.4) is 0 Å². The van der Waals surface area contributed by atoms with Crippen molar-refractivity contribution in [1.29, 1.82) is 0 Å². The number of benzene rings is 2. The van der Waals surface area contributed by atoms with E-state index in [2.05, 4.69) is 27.3 Å². The Morgan fingerprint density at radius 2 is 2.07 bits per heavy atom. The van der Waals surface area contributed by atoms with Crippen molar-refractivity contribution in [2.75, 3.05) is 27.4 Å². The second-order valence-electron chi connectivity index (χ2n) is 6.73. The molecule has 0 radical (unpaired) electrons. The lowest BCUT2D eigenvalue weighted by Crippen LogP contribution is -2.25. The van der Waals surface area contributed by atoms with Crippen LogP contribution in [0.5, 0.6) is 5.75 Å². The molecule has 2 aromatic carbocycles. The van der Waals surface area contributed by atoms with Crippen LogP contribution < -0.4 is 10.1 Å². The van der Waals surface area contributed by atoms with E-state index < -0.39 is 0 Å². The third-order valence-corrected chi connectivity index (χ3v) is 5.25. The number of hydrogen-bond acceptors (Lipinski definition) is 4. The summed E-state index contributed by atoms with van der Waals surface area (Å²) in [5, 5.41) is 3.78. The highest BCUT2D eigenvalue weighted by Crippen LogP contribution is 2.40. The minimum atomic E-state index is -0.168. The number of hydrogen-bond donors (Lipinski definition) is 1. The van der Waals surface area contributed by atoms with Gasteiger partial charge in [0.05, 0.1) is 20.0 Å². The molecule has 0 fully saturated rings. The molecular formula is C23H24BrNO4. The number of amides is 1. The molecular weight excluding hydrogens is 434 g/mol. The Morgan fingerprint density at radius 3 is 2.76 bits per heavy atom. The molecule has 1 aromatic heterocycles. The Labute approximate surface area is 178 Å². The van der Waals surface area contributed by atoms with Crippen molar-refractivity contribution in [2.24, 2.45) is 0 Å². The predicted molar refractivity (Wildman–Crippen MR) is 119 cm³/mol. The minimum Gasteiger partial charge on any atom is -0.496 e. The molecule has 0 saturated carbocycles. The first-order valence-electron chi connectivity index (χ1n) is 9.26. The molecule has 152 valence electrons. The van der Waals surface area contributed by atoms with Crippen LogP contribution in [0.4, 0.5) is 0 Å². The molecule has 29 heavy (non-hydrogen) atoms. The molecule has 1 N–H and O–H groups in total. The lowest BCUT2D eigenvalue weighted by Gasteiger charge is -2.13. The van der Waals surface area contributed by atoms with Crippen molar-refractivity contribution in [2.45, 2.75) is 13.8 Å². The standard InChI is InChI=1S/C23H24BrNO4/c1-14(10-21(26)25-8-9-27-3)18-12-19-20(16-6-5-7-17(24)11-16)13-29-23(19)15(2)22(18)28-4/h5-7,10-13H,8-9H2,1-4H3,(H,25,26)/b14-10+. The van der Waals surface area contributed by atoms with E-state index in [1.165, 1.54) is 0 Å². The van der Waals surface area contributed by atoms with Gasteiger partial charge in [-0.05, 0) is 43.2 Å². The summed E-state index contributed by atoms with van der Waals surface area (Å²) >= 11 is 3.53. The summed E-state index contributed by atoms with van der Waals surface area (Å²) < 4.78 is 17.5. The molecule has 6 heteroatoms. The number of nitrogens with one attached hydrogen (secondary N) is 1. The van der Waals surface area contributed by atoms with E-state index in [4.69, 9.17) is 13.9 Å². The quantitative estimate of drug-likeness (QED) is 0.383. The second-order valence-corrected chi connectivity index (χ2v) is 7.65. The summed E-state index contributed by atoms with van der Waals surface area (Å²) in [6.45, 7) is 4.80. The molecule has 0 spiro atoms. The van der Waals surface area contributed by atoms with Gasteiger partial charge in [-0.2, -0.15) is 0 Å². The highest BCUT2D eigenvalue weighted by Gasteiger charge is 2.18. The normalized spacial score (nSPS) is 11.7. The Balaban J connectivity index is 2.09. The maximum absolute atomic E-state index is 12.2. The zero-order chi connectivity index (χ0) is 21.0. The van der Waals surface area contributed by atoms with Gasteiger partial charge >= 0.3 is 0 Å². The molecule has 1 amide bonds. The van der Waals surface area contributed by atoms with E-state index in [0.717, 1.165) is 43.3 Å². The van der Waals surface area contributed by atoms with Crippen LogP contribution in [0.2, 0.25) is 0 Å². The smallest absolute Gasteiger partial charge is 0.244 e. The number of ether oxygens (including phenoxy) is 2. The summed E-state index contributed by atoms with van der Waals surface area (Å²) in [6, 6.07) is 10.1. The van der Waals surface area contributed by atoms with Gasteiger partial charge in [0.2, 0.25) is 5.91 Å². The van der Waals surface area contributed by atoms with Crippen LogP contribution in [0, 0.1) is 6.92 Å². The van der Waals surface area contributed by atoms with Gasteiger partial charge in [-0.3, -0.25) is 4.79 Å². The fourth-order valence-corrected chi connectivity index (χ4v) is 3.75. The summed E-state index contributed by atoms with van der Waals surface area (Å²) in [6.07, 6.45) is 3.34. The van der Waals surface area contributed by atoms with Crippen LogP contribution in [0.15, 0.2) is 51.6 Å². The molecule has 0 aliphatic rings. The fourth-order valence-electron chi connectivity index (χ4n) is 3.35. The molecule has 1 heterocycles. The number of allylic oxidation sites excluding steroid dienone is 1. The number of furan rings is 1. The molecule has 0 saturated heterocycles. The fraction of sp³-hybridized carbons (Fsp3) is 0.261. The summed E-state index contributed by atoms with van der Waals surface area (Å²) in [5.41, 5.74) is 5.38. The average molecular weight is 458 g/mol. The minimum absolute atomic E-state index is 0.168. The molecule has 0 aliphatic carbocycles. The van der Waals surface area contributed by atoms with Crippen molar-refractivity contribution in [3.63, 3.8) is 0 Å². The van der Waals surface area contributed by atoms with E-state index in [0.29, 0.717) is 18.9 Å². The maximum atomic E-state index is 12.2. The number of rotatable bonds is 7. The number of methoxy groups -OCH3 is 2. The highest BCUT2D eigenvalue weighted by molar-refractivity contribution is 9.10. The van der Waals surface area contributed by atoms with Crippen molar-refractivity contribution < 1.29 is 18.7 Å². The molecule has 0 unspecified atom stereocenters. The van der Waals surface area contributed by atoms with Gasteiger partial charge < -0.3 is 19.2 Å².